The van der Waals surface area contributed by atoms with Crippen LogP contribution in [0.4, 0.5) is 11.4 Å². The molecule has 1 aliphatic rings. The van der Waals surface area contributed by atoms with Gasteiger partial charge in [0.2, 0.25) is 0 Å². The van der Waals surface area contributed by atoms with Gasteiger partial charge in [0.05, 0.1) is 0 Å². The molecule has 0 aliphatic carbocycles. The first-order valence-electron chi connectivity index (χ1n) is 3.66. The summed E-state index contributed by atoms with van der Waals surface area (Å²) in [6.07, 6.45) is 1.31. The highest BCUT2D eigenvalue weighted by Gasteiger charge is 2.17. The van der Waals surface area contributed by atoms with Crippen LogP contribution in [0.5, 0.6) is 0 Å². The number of benzene rings is 1. The first-order valence-corrected chi connectivity index (χ1v) is 3.66. The van der Waals surface area contributed by atoms with Crippen molar-refractivity contribution in [3.63, 3.8) is 0 Å². The third-order valence-electron chi connectivity index (χ3n) is 1.85. The summed E-state index contributed by atoms with van der Waals surface area (Å²) >= 11 is 0. The van der Waals surface area contributed by atoms with E-state index in [0.29, 0.717) is 4.90 Å². The lowest BCUT2D eigenvalue weighted by molar-refractivity contribution is -0.689. The zero-order valence-electron chi connectivity index (χ0n) is 6.45. The summed E-state index contributed by atoms with van der Waals surface area (Å²) in [4.78, 5) is 15.6. The maximum atomic E-state index is 11.1. The predicted molar refractivity (Wildman–Crippen MR) is 45.6 cm³/mol. The minimum Gasteiger partial charge on any atom is -0.364 e. The van der Waals surface area contributed by atoms with Gasteiger partial charge in [-0.25, -0.2) is 9.79 Å². The van der Waals surface area contributed by atoms with Gasteiger partial charge in [-0.1, -0.05) is 12.1 Å². The van der Waals surface area contributed by atoms with Crippen LogP contribution in [-0.4, -0.2) is 12.1 Å². The van der Waals surface area contributed by atoms with Gasteiger partial charge in [0, 0.05) is 0 Å². The molecule has 3 nitrogen and oxygen atoms in total. The van der Waals surface area contributed by atoms with Gasteiger partial charge < -0.3 is 4.90 Å². The Balaban J connectivity index is 2.59. The fraction of sp³-hybridized carbons (Fsp3) is 0. The number of aliphatic imine (C=N–C) groups is 1. The molecule has 1 unspecified atom stereocenters. The van der Waals surface area contributed by atoms with E-state index in [-0.39, 0.29) is 5.91 Å². The highest BCUT2D eigenvalue weighted by Crippen LogP contribution is 2.21. The van der Waals surface area contributed by atoms with Crippen LogP contribution >= 0.6 is 0 Å². The first kappa shape index (κ1) is 7.18. The Morgan fingerprint density at radius 3 is 2.92 bits per heavy atom. The van der Waals surface area contributed by atoms with Crippen molar-refractivity contribution < 1.29 is 9.69 Å². The van der Waals surface area contributed by atoms with E-state index in [4.69, 9.17) is 0 Å². The number of nitrogens with zero attached hydrogens (tertiary/aromatic N) is 1. The van der Waals surface area contributed by atoms with Crippen molar-refractivity contribution in [1.29, 1.82) is 0 Å². The van der Waals surface area contributed by atoms with Gasteiger partial charge in [0.1, 0.15) is 17.6 Å². The molecular formula is C9H8N2O. The molecule has 3 heteroatoms. The predicted octanol–water partition coefficient (Wildman–Crippen LogP) is 0.237. The van der Waals surface area contributed by atoms with E-state index in [0.717, 1.165) is 11.4 Å². The minimum atomic E-state index is -0.103. The molecule has 0 spiro atoms. The van der Waals surface area contributed by atoms with E-state index in [9.17, 15) is 4.79 Å². The van der Waals surface area contributed by atoms with Gasteiger partial charge in [-0.2, -0.15) is 0 Å². The van der Waals surface area contributed by atoms with Gasteiger partial charge in [-0.05, 0) is 12.1 Å². The molecule has 1 amide bonds. The Morgan fingerprint density at radius 2 is 2.08 bits per heavy atom. The summed E-state index contributed by atoms with van der Waals surface area (Å²) in [5.74, 6) is -0.103. The minimum absolute atomic E-state index is 0.103. The summed E-state index contributed by atoms with van der Waals surface area (Å²) in [5, 5.41) is 0. The lowest BCUT2D eigenvalue weighted by Gasteiger charge is -2.19. The molecule has 12 heavy (non-hydrogen) atoms. The number of carbonyl (C=O) groups excluding carboxylic acids is 1. The highest BCUT2D eigenvalue weighted by atomic mass is 16.2. The molecule has 2 rings (SSSR count). The number of amides is 1. The van der Waals surface area contributed by atoms with E-state index in [1.807, 2.05) is 24.3 Å². The maximum Gasteiger partial charge on any atom is 0.334 e. The number of rotatable bonds is 0. The normalized spacial score (nSPS) is 20.8. The fourth-order valence-electron chi connectivity index (χ4n) is 1.18. The zero-order chi connectivity index (χ0) is 8.55. The Morgan fingerprint density at radius 1 is 1.33 bits per heavy atom. The zero-order valence-corrected chi connectivity index (χ0v) is 6.45. The van der Waals surface area contributed by atoms with Crippen molar-refractivity contribution in [2.45, 2.75) is 0 Å². The van der Waals surface area contributed by atoms with Gasteiger partial charge >= 0.3 is 5.91 Å². The van der Waals surface area contributed by atoms with Crippen LogP contribution in [0, 0.1) is 7.05 Å². The monoisotopic (exact) mass is 160 g/mol. The van der Waals surface area contributed by atoms with Gasteiger partial charge in [-0.15, -0.1) is 7.05 Å². The summed E-state index contributed by atoms with van der Waals surface area (Å²) in [6.45, 7) is 0. The Labute approximate surface area is 70.3 Å². The molecule has 1 atom stereocenters. The quantitative estimate of drug-likeness (QED) is 0.542. The van der Waals surface area contributed by atoms with E-state index < -0.39 is 0 Å². The van der Waals surface area contributed by atoms with E-state index >= 15 is 0 Å². The maximum absolute atomic E-state index is 11.1. The van der Waals surface area contributed by atoms with Gasteiger partial charge in [0.15, 0.2) is 0 Å². The van der Waals surface area contributed by atoms with Crippen LogP contribution in [0.15, 0.2) is 29.3 Å². The van der Waals surface area contributed by atoms with E-state index in [1.54, 1.807) is 0 Å². The third-order valence-corrected chi connectivity index (χ3v) is 1.85. The summed E-state index contributed by atoms with van der Waals surface area (Å²) < 4.78 is 0. The van der Waals surface area contributed by atoms with Crippen molar-refractivity contribution >= 4 is 23.5 Å². The van der Waals surface area contributed by atoms with Crippen molar-refractivity contribution in [1.82, 2.24) is 0 Å². The molecule has 1 N–H and O–H groups in total. The largest absolute Gasteiger partial charge is 0.364 e. The van der Waals surface area contributed by atoms with Crippen molar-refractivity contribution in [3.8, 4) is 0 Å². The summed E-state index contributed by atoms with van der Waals surface area (Å²) in [5.41, 5.74) is 1.66. The molecule has 0 fully saturated rings. The number of carbonyl (C=O) groups is 1. The molecule has 0 bridgehead atoms. The van der Waals surface area contributed by atoms with E-state index in [2.05, 4.69) is 12.0 Å². The summed E-state index contributed by atoms with van der Waals surface area (Å²) in [7, 11) is 3.70. The molecule has 1 aliphatic heterocycles. The Kier molecular flexibility index (Phi) is 1.52. The fourth-order valence-corrected chi connectivity index (χ4v) is 1.18. The van der Waals surface area contributed by atoms with Crippen LogP contribution in [0.2, 0.25) is 0 Å². The van der Waals surface area contributed by atoms with Crippen molar-refractivity contribution in [3.05, 3.63) is 31.3 Å². The molecule has 0 aromatic heterocycles. The van der Waals surface area contributed by atoms with Crippen LogP contribution in [0.25, 0.3) is 0 Å². The molecular weight excluding hydrogens is 152 g/mol. The van der Waals surface area contributed by atoms with Crippen molar-refractivity contribution in [2.24, 2.45) is 4.99 Å². The highest BCUT2D eigenvalue weighted by molar-refractivity contribution is 6.24. The molecule has 0 saturated heterocycles. The number of hydrogen-bond acceptors (Lipinski definition) is 2. The molecule has 1 aromatic rings. The van der Waals surface area contributed by atoms with Crippen LogP contribution in [-0.2, 0) is 4.79 Å². The molecule has 1 aromatic carbocycles. The third kappa shape index (κ3) is 0.950. The molecule has 0 radical (unpaired) electrons. The Hall–Kier alpha value is -1.48. The standard InChI is InChI=1S/C9H8N2O/c1-11-8-5-3-2-4-7(8)10-6-9(11)12/h2-6,11H,1H2. The topological polar surface area (TPSA) is 33.9 Å². The second-order valence-electron chi connectivity index (χ2n) is 2.62. The lowest BCUT2D eigenvalue weighted by atomic mass is 10.2. The Bertz CT molecular complexity index is 357. The number of fused-ring (bicyclic) bond motifs is 1. The van der Waals surface area contributed by atoms with Crippen molar-refractivity contribution in [2.75, 3.05) is 0 Å². The SMILES string of the molecule is [CH2-][NH+]1C(=O)C=Nc2ccccc21. The average Bonchev–Trinajstić information content (AvgIpc) is 2.12. The number of nitrogens with one attached hydrogen (secondary N) is 1. The van der Waals surface area contributed by atoms with E-state index in [1.165, 1.54) is 6.21 Å². The molecule has 60 valence electrons. The second-order valence-corrected chi connectivity index (χ2v) is 2.62. The van der Waals surface area contributed by atoms with Crippen LogP contribution < -0.4 is 4.90 Å². The van der Waals surface area contributed by atoms with Crippen LogP contribution in [0.1, 0.15) is 0 Å². The summed E-state index contributed by atoms with van der Waals surface area (Å²) in [6, 6.07) is 7.48. The van der Waals surface area contributed by atoms with Crippen LogP contribution in [0.3, 0.4) is 0 Å². The van der Waals surface area contributed by atoms with Gasteiger partial charge in [0.25, 0.3) is 0 Å². The second kappa shape index (κ2) is 2.53. The number of hydrogen-bond donors (Lipinski definition) is 1. The number of para-hydroxylation sites is 2. The molecule has 0 saturated carbocycles. The average molecular weight is 160 g/mol. The first-order chi connectivity index (χ1) is 5.79. The number of quaternary nitrogens is 1. The smallest absolute Gasteiger partial charge is 0.334 e. The lowest BCUT2D eigenvalue weighted by Crippen LogP contribution is -3.05. The molecule has 1 heterocycles. The van der Waals surface area contributed by atoms with Gasteiger partial charge in [-0.3, -0.25) is 0 Å².